The standard InChI is InChI=1S/C37H76NO7P/c1-6-8-10-12-14-15-16-17-18-19-20-21-22-23-25-27-29-32-42-34-36(35-44-46(40,41)43-33-31-38(3,4)5)45-37(39)30-28-26-24-13-11-9-7-2/h36H,6-35H2,1-5H3. The lowest BCUT2D eigenvalue weighted by atomic mass is 10.0. The Bertz CT molecular complexity index is 716. The summed E-state index contributed by atoms with van der Waals surface area (Å²) in [5, 5.41) is 0. The van der Waals surface area contributed by atoms with Crippen molar-refractivity contribution in [3.8, 4) is 0 Å². The van der Waals surface area contributed by atoms with Crippen LogP contribution in [0.2, 0.25) is 0 Å². The molecule has 0 aliphatic carbocycles. The minimum atomic E-state index is -4.50. The summed E-state index contributed by atoms with van der Waals surface area (Å²) in [5.41, 5.74) is 0. The normalized spacial score (nSPS) is 14.0. The van der Waals surface area contributed by atoms with Crippen LogP contribution in [-0.2, 0) is 27.9 Å². The predicted molar refractivity (Wildman–Crippen MR) is 190 cm³/mol. The second-order valence-electron chi connectivity index (χ2n) is 14.3. The molecule has 8 nitrogen and oxygen atoms in total. The summed E-state index contributed by atoms with van der Waals surface area (Å²) in [6.45, 7) is 5.40. The first-order valence-electron chi connectivity index (χ1n) is 19.3. The molecule has 0 rings (SSSR count). The van der Waals surface area contributed by atoms with Gasteiger partial charge in [0.2, 0.25) is 0 Å². The van der Waals surface area contributed by atoms with Crippen molar-refractivity contribution in [1.29, 1.82) is 0 Å². The van der Waals surface area contributed by atoms with Gasteiger partial charge in [0, 0.05) is 13.0 Å². The Morgan fingerprint density at radius 1 is 0.587 bits per heavy atom. The van der Waals surface area contributed by atoms with Gasteiger partial charge in [0.25, 0.3) is 7.82 Å². The SMILES string of the molecule is CCCCCCCCCCCCCCCCCCCOCC(COP(=O)([O-])OCC[N+](C)(C)C)OC(=O)CCCCCCCCC. The number of rotatable bonds is 36. The molecule has 9 heteroatoms. The number of hydrogen-bond acceptors (Lipinski definition) is 7. The zero-order valence-electron chi connectivity index (χ0n) is 31.0. The molecule has 0 fully saturated rings. The lowest BCUT2D eigenvalue weighted by molar-refractivity contribution is -0.870. The third kappa shape index (κ3) is 34.8. The Labute approximate surface area is 285 Å². The molecule has 0 aromatic heterocycles. The minimum Gasteiger partial charge on any atom is -0.756 e. The molecule has 0 spiro atoms. The van der Waals surface area contributed by atoms with Gasteiger partial charge in [-0.25, -0.2) is 0 Å². The largest absolute Gasteiger partial charge is 0.756 e. The predicted octanol–water partition coefficient (Wildman–Crippen LogP) is 9.91. The van der Waals surface area contributed by atoms with E-state index >= 15 is 0 Å². The molecule has 2 unspecified atom stereocenters. The Hall–Kier alpha value is -0.500. The Balaban J connectivity index is 4.12. The summed E-state index contributed by atoms with van der Waals surface area (Å²) < 4.78 is 34.3. The Morgan fingerprint density at radius 3 is 1.43 bits per heavy atom. The van der Waals surface area contributed by atoms with E-state index in [1.807, 2.05) is 21.1 Å². The van der Waals surface area contributed by atoms with Crippen molar-refractivity contribution in [3.05, 3.63) is 0 Å². The van der Waals surface area contributed by atoms with Crippen LogP contribution in [0.3, 0.4) is 0 Å². The van der Waals surface area contributed by atoms with Crippen molar-refractivity contribution in [3.63, 3.8) is 0 Å². The van der Waals surface area contributed by atoms with Gasteiger partial charge in [0.1, 0.15) is 19.3 Å². The molecule has 46 heavy (non-hydrogen) atoms. The van der Waals surface area contributed by atoms with E-state index in [0.29, 0.717) is 24.1 Å². The maximum atomic E-state index is 12.5. The molecule has 0 heterocycles. The number of phosphoric acid groups is 1. The van der Waals surface area contributed by atoms with Gasteiger partial charge < -0.3 is 27.9 Å². The van der Waals surface area contributed by atoms with Gasteiger partial charge in [-0.1, -0.05) is 155 Å². The van der Waals surface area contributed by atoms with E-state index in [1.165, 1.54) is 122 Å². The van der Waals surface area contributed by atoms with Crippen LogP contribution in [0, 0.1) is 0 Å². The highest BCUT2D eigenvalue weighted by Crippen LogP contribution is 2.38. The number of esters is 1. The maximum absolute atomic E-state index is 12.5. The monoisotopic (exact) mass is 678 g/mol. The summed E-state index contributed by atoms with van der Waals surface area (Å²) in [6, 6.07) is 0. The van der Waals surface area contributed by atoms with E-state index in [4.69, 9.17) is 18.5 Å². The molecule has 0 radical (unpaired) electrons. The molecule has 2 atom stereocenters. The lowest BCUT2D eigenvalue weighted by Gasteiger charge is -2.28. The number of quaternary nitrogens is 1. The molecule has 0 aromatic carbocycles. The van der Waals surface area contributed by atoms with Crippen LogP contribution in [0.25, 0.3) is 0 Å². The number of carbonyl (C=O) groups is 1. The van der Waals surface area contributed by atoms with Gasteiger partial charge in [-0.2, -0.15) is 0 Å². The molecule has 0 amide bonds. The number of carbonyl (C=O) groups excluding carboxylic acids is 1. The number of likely N-dealkylation sites (N-methyl/N-ethyl adjacent to an activating group) is 1. The Kier molecular flexibility index (Phi) is 31.4. The molecule has 0 saturated carbocycles. The van der Waals surface area contributed by atoms with Crippen LogP contribution in [0.4, 0.5) is 0 Å². The van der Waals surface area contributed by atoms with Crippen LogP contribution in [-0.4, -0.2) is 70.7 Å². The second kappa shape index (κ2) is 31.7. The van der Waals surface area contributed by atoms with Gasteiger partial charge in [-0.15, -0.1) is 0 Å². The summed E-state index contributed by atoms with van der Waals surface area (Å²) in [6.07, 6.45) is 29.8. The quantitative estimate of drug-likeness (QED) is 0.0282. The highest BCUT2D eigenvalue weighted by molar-refractivity contribution is 7.45. The van der Waals surface area contributed by atoms with Crippen molar-refractivity contribution in [2.45, 2.75) is 180 Å². The second-order valence-corrected chi connectivity index (χ2v) is 15.7. The summed E-state index contributed by atoms with van der Waals surface area (Å²) >= 11 is 0. The fourth-order valence-corrected chi connectivity index (χ4v) is 6.10. The molecule has 0 aliphatic heterocycles. The third-order valence-electron chi connectivity index (χ3n) is 8.41. The highest BCUT2D eigenvalue weighted by Gasteiger charge is 2.20. The molecule has 0 N–H and O–H groups in total. The number of hydrogen-bond donors (Lipinski definition) is 0. The van der Waals surface area contributed by atoms with Crippen LogP contribution in [0.15, 0.2) is 0 Å². The first-order valence-corrected chi connectivity index (χ1v) is 20.7. The third-order valence-corrected chi connectivity index (χ3v) is 9.37. The van der Waals surface area contributed by atoms with Gasteiger partial charge >= 0.3 is 5.97 Å². The maximum Gasteiger partial charge on any atom is 0.306 e. The van der Waals surface area contributed by atoms with Crippen molar-refractivity contribution < 1.29 is 37.3 Å². The number of unbranched alkanes of at least 4 members (excludes halogenated alkanes) is 22. The zero-order chi connectivity index (χ0) is 34.2. The first-order chi connectivity index (χ1) is 22.1. The number of ether oxygens (including phenoxy) is 2. The van der Waals surface area contributed by atoms with E-state index in [0.717, 1.165) is 32.1 Å². The molecule has 0 bridgehead atoms. The topological polar surface area (TPSA) is 94.1 Å². The summed E-state index contributed by atoms with van der Waals surface area (Å²) in [4.78, 5) is 24.8. The summed E-state index contributed by atoms with van der Waals surface area (Å²) in [7, 11) is 1.37. The summed E-state index contributed by atoms with van der Waals surface area (Å²) in [5.74, 6) is -0.338. The molecule has 0 aromatic rings. The van der Waals surface area contributed by atoms with Crippen LogP contribution >= 0.6 is 7.82 Å². The van der Waals surface area contributed by atoms with E-state index in [1.54, 1.807) is 0 Å². The van der Waals surface area contributed by atoms with E-state index in [9.17, 15) is 14.3 Å². The average Bonchev–Trinajstić information content (AvgIpc) is 2.99. The van der Waals surface area contributed by atoms with E-state index in [-0.39, 0.29) is 25.8 Å². The van der Waals surface area contributed by atoms with Crippen molar-refractivity contribution in [1.82, 2.24) is 0 Å². The van der Waals surface area contributed by atoms with E-state index in [2.05, 4.69) is 13.8 Å². The van der Waals surface area contributed by atoms with Gasteiger partial charge in [0.15, 0.2) is 0 Å². The molecular weight excluding hydrogens is 601 g/mol. The van der Waals surface area contributed by atoms with Gasteiger partial charge in [-0.05, 0) is 12.8 Å². The number of nitrogens with zero attached hydrogens (tertiary/aromatic N) is 1. The number of phosphoric ester groups is 1. The van der Waals surface area contributed by atoms with E-state index < -0.39 is 13.9 Å². The van der Waals surface area contributed by atoms with Crippen LogP contribution in [0.5, 0.6) is 0 Å². The first kappa shape index (κ1) is 45.5. The fourth-order valence-electron chi connectivity index (χ4n) is 5.37. The van der Waals surface area contributed by atoms with Gasteiger partial charge in [0.05, 0.1) is 34.4 Å². The smallest absolute Gasteiger partial charge is 0.306 e. The van der Waals surface area contributed by atoms with Gasteiger partial charge in [-0.3, -0.25) is 9.36 Å². The van der Waals surface area contributed by atoms with Crippen LogP contribution < -0.4 is 4.89 Å². The Morgan fingerprint density at radius 2 is 1.00 bits per heavy atom. The molecule has 0 saturated heterocycles. The minimum absolute atomic E-state index is 0.0306. The zero-order valence-corrected chi connectivity index (χ0v) is 31.9. The van der Waals surface area contributed by atoms with Crippen LogP contribution in [0.1, 0.15) is 174 Å². The molecule has 276 valence electrons. The molecular formula is C37H76NO7P. The lowest BCUT2D eigenvalue weighted by Crippen LogP contribution is -2.37. The molecule has 0 aliphatic rings. The van der Waals surface area contributed by atoms with Crippen molar-refractivity contribution >= 4 is 13.8 Å². The average molecular weight is 678 g/mol. The van der Waals surface area contributed by atoms with Crippen molar-refractivity contribution in [2.24, 2.45) is 0 Å². The van der Waals surface area contributed by atoms with Crippen molar-refractivity contribution in [2.75, 3.05) is 54.1 Å². The fraction of sp³-hybridized carbons (Fsp3) is 0.973. The highest BCUT2D eigenvalue weighted by atomic mass is 31.2.